The Morgan fingerprint density at radius 3 is 2.37 bits per heavy atom. The van der Waals surface area contributed by atoms with Crippen LogP contribution >= 0.6 is 11.3 Å². The summed E-state index contributed by atoms with van der Waals surface area (Å²) in [6.07, 6.45) is 13.5. The van der Waals surface area contributed by atoms with Crippen molar-refractivity contribution in [3.63, 3.8) is 0 Å². The van der Waals surface area contributed by atoms with Crippen molar-refractivity contribution < 1.29 is 9.53 Å². The Kier molecular flexibility index (Phi) is 6.91. The molecule has 1 saturated heterocycles. The lowest BCUT2D eigenvalue weighted by molar-refractivity contribution is 0.0225. The number of anilines is 1. The van der Waals surface area contributed by atoms with Crippen LogP contribution in [0.25, 0.3) is 0 Å². The predicted octanol–water partition coefficient (Wildman–Crippen LogP) is 6.01. The highest BCUT2D eigenvalue weighted by Gasteiger charge is 2.29. The number of thiazole rings is 1. The summed E-state index contributed by atoms with van der Waals surface area (Å²) in [6.45, 7) is 9.38. The molecule has 1 aromatic rings. The molecule has 4 rings (SSSR count). The van der Waals surface area contributed by atoms with Crippen LogP contribution in [0.5, 0.6) is 0 Å². The lowest BCUT2D eigenvalue weighted by atomic mass is 9.82. The molecule has 5 nitrogen and oxygen atoms in total. The van der Waals surface area contributed by atoms with Gasteiger partial charge >= 0.3 is 6.09 Å². The molecule has 3 aliphatic rings. The molecule has 0 atom stereocenters. The number of ether oxygens (including phenoxy) is 1. The smallest absolute Gasteiger partial charge is 0.410 e. The molecule has 0 radical (unpaired) electrons. The van der Waals surface area contributed by atoms with Gasteiger partial charge in [-0.15, -0.1) is 0 Å². The van der Waals surface area contributed by atoms with Crippen molar-refractivity contribution in [3.05, 3.63) is 10.6 Å². The van der Waals surface area contributed by atoms with E-state index in [4.69, 9.17) is 9.72 Å². The van der Waals surface area contributed by atoms with Crippen LogP contribution in [0.15, 0.2) is 0 Å². The topological polar surface area (TPSA) is 45.7 Å². The molecule has 1 aromatic heterocycles. The van der Waals surface area contributed by atoms with Gasteiger partial charge in [0.15, 0.2) is 5.13 Å². The Hall–Kier alpha value is -1.30. The first kappa shape index (κ1) is 21.9. The Balaban J connectivity index is 1.26. The number of hydrogen-bond acceptors (Lipinski definition) is 5. The van der Waals surface area contributed by atoms with Crippen LogP contribution < -0.4 is 4.90 Å². The third kappa shape index (κ3) is 5.68. The second kappa shape index (κ2) is 9.46. The van der Waals surface area contributed by atoms with Gasteiger partial charge in [0.05, 0.1) is 12.2 Å². The molecule has 0 bridgehead atoms. The molecule has 168 valence electrons. The molecule has 2 fully saturated rings. The van der Waals surface area contributed by atoms with Crippen molar-refractivity contribution >= 4 is 22.6 Å². The minimum absolute atomic E-state index is 0.207. The zero-order valence-corrected chi connectivity index (χ0v) is 19.9. The SMILES string of the molecule is CC(C)(C)OC(=O)N1CCc2nc(N3CCC(CCC4CCCCC4)CC3)sc2C1. The van der Waals surface area contributed by atoms with Gasteiger partial charge in [-0.3, -0.25) is 0 Å². The Morgan fingerprint density at radius 1 is 1.03 bits per heavy atom. The third-order valence-electron chi connectivity index (χ3n) is 6.96. The van der Waals surface area contributed by atoms with E-state index >= 15 is 0 Å². The molecule has 1 amide bonds. The van der Waals surface area contributed by atoms with Crippen molar-refractivity contribution in [1.82, 2.24) is 9.88 Å². The van der Waals surface area contributed by atoms with Crippen LogP contribution in [0, 0.1) is 11.8 Å². The molecule has 0 aromatic carbocycles. The number of carbonyl (C=O) groups is 1. The number of carbonyl (C=O) groups excluding carboxylic acids is 1. The maximum absolute atomic E-state index is 12.4. The predicted molar refractivity (Wildman–Crippen MR) is 123 cm³/mol. The molecule has 0 N–H and O–H groups in total. The monoisotopic (exact) mass is 433 g/mol. The third-order valence-corrected chi connectivity index (χ3v) is 8.11. The average Bonchev–Trinajstić information content (AvgIpc) is 3.15. The summed E-state index contributed by atoms with van der Waals surface area (Å²) in [5.74, 6) is 1.91. The molecular weight excluding hydrogens is 394 g/mol. The van der Waals surface area contributed by atoms with Gasteiger partial charge < -0.3 is 14.5 Å². The van der Waals surface area contributed by atoms with E-state index in [0.717, 1.165) is 36.5 Å². The van der Waals surface area contributed by atoms with Crippen molar-refractivity contribution in [2.24, 2.45) is 11.8 Å². The van der Waals surface area contributed by atoms with E-state index in [0.29, 0.717) is 13.1 Å². The second-order valence-corrected chi connectivity index (χ2v) is 11.6. The summed E-state index contributed by atoms with van der Waals surface area (Å²) in [6, 6.07) is 0. The molecule has 3 heterocycles. The first-order valence-electron chi connectivity index (χ1n) is 12.1. The first-order valence-corrected chi connectivity index (χ1v) is 12.9. The fourth-order valence-electron chi connectivity index (χ4n) is 5.16. The van der Waals surface area contributed by atoms with Crippen LogP contribution in [-0.2, 0) is 17.7 Å². The van der Waals surface area contributed by atoms with Gasteiger partial charge in [-0.25, -0.2) is 9.78 Å². The lowest BCUT2D eigenvalue weighted by Crippen LogP contribution is -2.39. The number of nitrogens with zero attached hydrogens (tertiary/aromatic N) is 3. The highest BCUT2D eigenvalue weighted by molar-refractivity contribution is 7.15. The molecule has 0 unspecified atom stereocenters. The first-order chi connectivity index (χ1) is 14.4. The summed E-state index contributed by atoms with van der Waals surface area (Å²) >= 11 is 1.78. The molecule has 2 aliphatic heterocycles. The standard InChI is InChI=1S/C24H39N3O2S/c1-24(2,3)29-23(28)27-16-13-20-21(17-27)30-22(25-20)26-14-11-19(12-15-26)10-9-18-7-5-4-6-8-18/h18-19H,4-17H2,1-3H3. The van der Waals surface area contributed by atoms with E-state index in [1.807, 2.05) is 25.7 Å². The summed E-state index contributed by atoms with van der Waals surface area (Å²) in [4.78, 5) is 22.9. The largest absolute Gasteiger partial charge is 0.444 e. The number of piperidine rings is 1. The van der Waals surface area contributed by atoms with Crippen LogP contribution in [0.2, 0.25) is 0 Å². The average molecular weight is 434 g/mol. The summed E-state index contributed by atoms with van der Waals surface area (Å²) < 4.78 is 5.55. The zero-order chi connectivity index (χ0) is 21.1. The fourth-order valence-corrected chi connectivity index (χ4v) is 6.33. The van der Waals surface area contributed by atoms with Gasteiger partial charge in [-0.1, -0.05) is 56.3 Å². The van der Waals surface area contributed by atoms with Crippen molar-refractivity contribution in [2.75, 3.05) is 24.5 Å². The van der Waals surface area contributed by atoms with Crippen molar-refractivity contribution in [1.29, 1.82) is 0 Å². The Morgan fingerprint density at radius 2 is 1.70 bits per heavy atom. The van der Waals surface area contributed by atoms with E-state index in [1.54, 1.807) is 11.3 Å². The van der Waals surface area contributed by atoms with E-state index in [1.165, 1.54) is 68.4 Å². The van der Waals surface area contributed by atoms with Gasteiger partial charge in [0.1, 0.15) is 5.60 Å². The lowest BCUT2D eigenvalue weighted by Gasteiger charge is -2.33. The number of rotatable bonds is 4. The fraction of sp³-hybridized carbons (Fsp3) is 0.833. The van der Waals surface area contributed by atoms with Crippen molar-refractivity contribution in [3.8, 4) is 0 Å². The molecule has 30 heavy (non-hydrogen) atoms. The molecule has 6 heteroatoms. The summed E-state index contributed by atoms with van der Waals surface area (Å²) in [5.41, 5.74) is 0.742. The number of hydrogen-bond donors (Lipinski definition) is 0. The Bertz CT molecular complexity index is 713. The minimum Gasteiger partial charge on any atom is -0.444 e. The van der Waals surface area contributed by atoms with Gasteiger partial charge in [0.25, 0.3) is 0 Å². The van der Waals surface area contributed by atoms with E-state index in [-0.39, 0.29) is 6.09 Å². The molecule has 1 aliphatic carbocycles. The van der Waals surface area contributed by atoms with Crippen LogP contribution in [0.4, 0.5) is 9.93 Å². The van der Waals surface area contributed by atoms with Crippen molar-refractivity contribution in [2.45, 2.75) is 97.1 Å². The van der Waals surface area contributed by atoms with Gasteiger partial charge in [0.2, 0.25) is 0 Å². The minimum atomic E-state index is -0.447. The second-order valence-electron chi connectivity index (χ2n) is 10.5. The zero-order valence-electron chi connectivity index (χ0n) is 19.1. The highest BCUT2D eigenvalue weighted by atomic mass is 32.1. The highest BCUT2D eigenvalue weighted by Crippen LogP contribution is 2.35. The molecule has 0 spiro atoms. The molecular formula is C24H39N3O2S. The normalized spacial score (nSPS) is 21.6. The maximum atomic E-state index is 12.4. The summed E-state index contributed by atoms with van der Waals surface area (Å²) in [7, 11) is 0. The van der Waals surface area contributed by atoms with Gasteiger partial charge in [-0.05, 0) is 45.4 Å². The van der Waals surface area contributed by atoms with E-state index in [2.05, 4.69) is 4.90 Å². The maximum Gasteiger partial charge on any atom is 0.410 e. The Labute approximate surface area is 186 Å². The van der Waals surface area contributed by atoms with E-state index in [9.17, 15) is 4.79 Å². The number of fused-ring (bicyclic) bond motifs is 1. The summed E-state index contributed by atoms with van der Waals surface area (Å²) in [5, 5.41) is 1.16. The van der Waals surface area contributed by atoms with E-state index < -0.39 is 5.60 Å². The van der Waals surface area contributed by atoms with Gasteiger partial charge in [0, 0.05) is 30.9 Å². The van der Waals surface area contributed by atoms with Gasteiger partial charge in [-0.2, -0.15) is 0 Å². The number of aromatic nitrogens is 1. The number of amides is 1. The van der Waals surface area contributed by atoms with Crippen LogP contribution in [0.3, 0.4) is 0 Å². The van der Waals surface area contributed by atoms with Crippen LogP contribution in [-0.4, -0.2) is 41.2 Å². The molecule has 1 saturated carbocycles. The quantitative estimate of drug-likeness (QED) is 0.583. The van der Waals surface area contributed by atoms with Crippen LogP contribution in [0.1, 0.15) is 89.1 Å².